The summed E-state index contributed by atoms with van der Waals surface area (Å²) in [6, 6.07) is 4.99. The van der Waals surface area contributed by atoms with E-state index in [9.17, 15) is 4.79 Å². The molecule has 0 bridgehead atoms. The van der Waals surface area contributed by atoms with Crippen molar-refractivity contribution in [2.45, 2.75) is 11.8 Å². The molecule has 76 valence electrons. The highest BCUT2D eigenvalue weighted by Crippen LogP contribution is 2.33. The molecule has 5 heteroatoms. The first-order valence-corrected chi connectivity index (χ1v) is 5.43. The first kappa shape index (κ1) is 11.8. The van der Waals surface area contributed by atoms with Crippen molar-refractivity contribution in [3.63, 3.8) is 0 Å². The predicted octanol–water partition coefficient (Wildman–Crippen LogP) is 3.85. The lowest BCUT2D eigenvalue weighted by atomic mass is 10.2. The van der Waals surface area contributed by atoms with E-state index in [4.69, 9.17) is 27.9 Å². The Kier molecular flexibility index (Phi) is 4.23. The molecule has 1 aromatic rings. The number of hydrogen-bond donors (Lipinski definition) is 0. The predicted molar refractivity (Wildman–Crippen MR) is 59.9 cm³/mol. The van der Waals surface area contributed by atoms with Crippen molar-refractivity contribution in [1.29, 1.82) is 0 Å². The maximum Gasteiger partial charge on any atom is 0.308 e. The molecule has 1 rings (SSSR count). The van der Waals surface area contributed by atoms with Gasteiger partial charge in [0, 0.05) is 11.4 Å². The Morgan fingerprint density at radius 2 is 2.14 bits per heavy atom. The topological polar surface area (TPSA) is 26.3 Å². The lowest BCUT2D eigenvalue weighted by molar-refractivity contribution is -0.131. The second kappa shape index (κ2) is 5.01. The van der Waals surface area contributed by atoms with Crippen LogP contribution >= 0.6 is 39.1 Å². The Morgan fingerprint density at radius 1 is 1.50 bits per heavy atom. The minimum Gasteiger partial charge on any atom is -0.427 e. The highest BCUT2D eigenvalue weighted by molar-refractivity contribution is 9.10. The number of hydrogen-bond acceptors (Lipinski definition) is 2. The number of esters is 1. The molecule has 0 fully saturated rings. The van der Waals surface area contributed by atoms with Crippen molar-refractivity contribution in [1.82, 2.24) is 0 Å². The van der Waals surface area contributed by atoms with E-state index >= 15 is 0 Å². The molecule has 0 aromatic heterocycles. The van der Waals surface area contributed by atoms with Gasteiger partial charge >= 0.3 is 5.97 Å². The smallest absolute Gasteiger partial charge is 0.308 e. The van der Waals surface area contributed by atoms with Crippen molar-refractivity contribution < 1.29 is 9.53 Å². The lowest BCUT2D eigenvalue weighted by Gasteiger charge is -2.07. The first-order valence-electron chi connectivity index (χ1n) is 3.76. The van der Waals surface area contributed by atoms with Crippen LogP contribution in [0.4, 0.5) is 0 Å². The maximum absolute atomic E-state index is 10.7. The van der Waals surface area contributed by atoms with Gasteiger partial charge in [0.05, 0.1) is 0 Å². The summed E-state index contributed by atoms with van der Waals surface area (Å²) in [5, 5.41) is 0. The fourth-order valence-corrected chi connectivity index (χ4v) is 2.15. The Balaban J connectivity index is 2.94. The van der Waals surface area contributed by atoms with E-state index in [0.29, 0.717) is 10.2 Å². The summed E-state index contributed by atoms with van der Waals surface area (Å²) in [6.45, 7) is 1.34. The third-order valence-corrected chi connectivity index (χ3v) is 2.63. The first-order chi connectivity index (χ1) is 6.50. The molecule has 2 nitrogen and oxygen atoms in total. The summed E-state index contributed by atoms with van der Waals surface area (Å²) in [7, 11) is 0. The molecule has 0 saturated carbocycles. The van der Waals surface area contributed by atoms with Gasteiger partial charge in [-0.05, 0) is 17.7 Å². The van der Waals surface area contributed by atoms with E-state index in [-0.39, 0.29) is 5.97 Å². The highest BCUT2D eigenvalue weighted by atomic mass is 79.9. The van der Waals surface area contributed by atoms with Crippen LogP contribution in [0, 0.1) is 0 Å². The highest BCUT2D eigenvalue weighted by Gasteiger charge is 2.09. The van der Waals surface area contributed by atoms with Gasteiger partial charge in [-0.3, -0.25) is 4.79 Å². The van der Waals surface area contributed by atoms with Gasteiger partial charge in [-0.1, -0.05) is 22.0 Å². The summed E-state index contributed by atoms with van der Waals surface area (Å²) in [4.78, 5) is 10.1. The van der Waals surface area contributed by atoms with E-state index in [1.54, 1.807) is 18.2 Å². The SMILES string of the molecule is CC(=O)Oc1ccc(C(Cl)Cl)c(Br)c1. The molecular weight excluding hydrogens is 291 g/mol. The number of ether oxygens (including phenoxy) is 1. The molecule has 0 aliphatic heterocycles. The van der Waals surface area contributed by atoms with Gasteiger partial charge in [0.2, 0.25) is 0 Å². The molecule has 14 heavy (non-hydrogen) atoms. The van der Waals surface area contributed by atoms with Crippen LogP contribution in [0.5, 0.6) is 5.75 Å². The maximum atomic E-state index is 10.7. The van der Waals surface area contributed by atoms with Crippen LogP contribution in [-0.2, 0) is 4.79 Å². The molecule has 0 saturated heterocycles. The Labute approximate surface area is 100 Å². The van der Waals surface area contributed by atoms with Gasteiger partial charge in [-0.15, -0.1) is 23.2 Å². The normalized spacial score (nSPS) is 10.4. The zero-order valence-electron chi connectivity index (χ0n) is 7.26. The number of benzene rings is 1. The van der Waals surface area contributed by atoms with E-state index in [1.165, 1.54) is 6.92 Å². The average Bonchev–Trinajstić information content (AvgIpc) is 2.01. The summed E-state index contributed by atoms with van der Waals surface area (Å²) in [6.07, 6.45) is 0. The van der Waals surface area contributed by atoms with Crippen molar-refractivity contribution in [2.75, 3.05) is 0 Å². The molecule has 0 atom stereocenters. The Bertz CT molecular complexity index is 353. The quantitative estimate of drug-likeness (QED) is 0.471. The van der Waals surface area contributed by atoms with Crippen molar-refractivity contribution in [2.24, 2.45) is 0 Å². The molecule has 0 aliphatic carbocycles. The summed E-state index contributed by atoms with van der Waals surface area (Å²) >= 11 is 14.7. The minimum atomic E-state index is -0.601. The second-order valence-electron chi connectivity index (χ2n) is 2.58. The van der Waals surface area contributed by atoms with Gasteiger partial charge < -0.3 is 4.74 Å². The zero-order chi connectivity index (χ0) is 10.7. The van der Waals surface area contributed by atoms with Crippen molar-refractivity contribution in [3.8, 4) is 5.75 Å². The molecule has 0 spiro atoms. The van der Waals surface area contributed by atoms with E-state index in [1.807, 2.05) is 0 Å². The molecule has 0 aliphatic rings. The third-order valence-electron chi connectivity index (χ3n) is 1.47. The molecule has 0 amide bonds. The summed E-state index contributed by atoms with van der Waals surface area (Å²) in [5.74, 6) is 0.0973. The number of halogens is 3. The zero-order valence-corrected chi connectivity index (χ0v) is 10.4. The monoisotopic (exact) mass is 296 g/mol. The van der Waals surface area contributed by atoms with Crippen LogP contribution < -0.4 is 4.74 Å². The minimum absolute atomic E-state index is 0.363. The van der Waals surface area contributed by atoms with E-state index in [2.05, 4.69) is 15.9 Å². The van der Waals surface area contributed by atoms with Gasteiger partial charge in [-0.25, -0.2) is 0 Å². The van der Waals surface area contributed by atoms with Crippen LogP contribution in [0.15, 0.2) is 22.7 Å². The third kappa shape index (κ3) is 3.15. The molecule has 1 aromatic carbocycles. The van der Waals surface area contributed by atoms with E-state index in [0.717, 1.165) is 5.56 Å². The van der Waals surface area contributed by atoms with Gasteiger partial charge in [0.1, 0.15) is 10.6 Å². The van der Waals surface area contributed by atoms with Gasteiger partial charge in [0.15, 0.2) is 0 Å². The van der Waals surface area contributed by atoms with Crippen LogP contribution in [0.25, 0.3) is 0 Å². The van der Waals surface area contributed by atoms with Gasteiger partial charge in [-0.2, -0.15) is 0 Å². The van der Waals surface area contributed by atoms with Crippen LogP contribution in [0.3, 0.4) is 0 Å². The Hall–Kier alpha value is -0.250. The van der Waals surface area contributed by atoms with Crippen molar-refractivity contribution in [3.05, 3.63) is 28.2 Å². The van der Waals surface area contributed by atoms with Crippen molar-refractivity contribution >= 4 is 45.1 Å². The average molecular weight is 298 g/mol. The number of carbonyl (C=O) groups is 1. The van der Waals surface area contributed by atoms with Crippen LogP contribution in [0.1, 0.15) is 17.3 Å². The van der Waals surface area contributed by atoms with Crippen LogP contribution in [0.2, 0.25) is 0 Å². The van der Waals surface area contributed by atoms with Gasteiger partial charge in [0.25, 0.3) is 0 Å². The summed E-state index contributed by atoms with van der Waals surface area (Å²) < 4.78 is 5.59. The number of alkyl halides is 2. The fourth-order valence-electron chi connectivity index (χ4n) is 0.914. The number of carbonyl (C=O) groups excluding carboxylic acids is 1. The number of rotatable bonds is 2. The fraction of sp³-hybridized carbons (Fsp3) is 0.222. The molecular formula is C9H7BrCl2O2. The van der Waals surface area contributed by atoms with Crippen LogP contribution in [-0.4, -0.2) is 5.97 Å². The van der Waals surface area contributed by atoms with E-state index < -0.39 is 4.84 Å². The molecule has 0 heterocycles. The summed E-state index contributed by atoms with van der Waals surface area (Å²) in [5.41, 5.74) is 0.740. The lowest BCUT2D eigenvalue weighted by Crippen LogP contribution is -2.01. The molecule has 0 N–H and O–H groups in total. The Morgan fingerprint density at radius 3 is 2.57 bits per heavy atom. The molecule has 0 unspecified atom stereocenters. The standard InChI is InChI=1S/C9H7BrCl2O2/c1-5(13)14-6-2-3-7(9(11)12)8(10)4-6/h2-4,9H,1H3. The second-order valence-corrected chi connectivity index (χ2v) is 4.53. The molecule has 0 radical (unpaired) electrons. The largest absolute Gasteiger partial charge is 0.427 e.